The fraction of sp³-hybridized carbons (Fsp3) is 0.933. The van der Waals surface area contributed by atoms with E-state index in [1.807, 2.05) is 7.05 Å². The van der Waals surface area contributed by atoms with Crippen LogP contribution in [0.1, 0.15) is 25.7 Å². The third-order valence-electron chi connectivity index (χ3n) is 4.61. The van der Waals surface area contributed by atoms with Crippen molar-refractivity contribution in [2.24, 2.45) is 5.92 Å². The van der Waals surface area contributed by atoms with Gasteiger partial charge in [-0.1, -0.05) is 12.8 Å². The summed E-state index contributed by atoms with van der Waals surface area (Å²) in [5.74, 6) is 0.276. The Morgan fingerprint density at radius 3 is 2.50 bits per heavy atom. The second-order valence-corrected chi connectivity index (χ2v) is 6.31. The highest BCUT2D eigenvalue weighted by Crippen LogP contribution is 2.26. The third kappa shape index (κ3) is 3.71. The first kappa shape index (κ1) is 15.7. The number of carbonyl (C=O) groups is 1. The average Bonchev–Trinajstić information content (AvgIpc) is 3.09. The Morgan fingerprint density at radius 1 is 1.20 bits per heavy atom. The molecule has 2 unspecified atom stereocenters. The molecule has 1 saturated carbocycles. The van der Waals surface area contributed by atoms with Gasteiger partial charge >= 0.3 is 0 Å². The van der Waals surface area contributed by atoms with E-state index in [0.29, 0.717) is 19.3 Å². The molecule has 1 saturated heterocycles. The second-order valence-electron chi connectivity index (χ2n) is 6.31. The van der Waals surface area contributed by atoms with Crippen LogP contribution >= 0.6 is 0 Å². The highest BCUT2D eigenvalue weighted by Gasteiger charge is 2.38. The van der Waals surface area contributed by atoms with Crippen molar-refractivity contribution in [3.05, 3.63) is 0 Å². The molecule has 0 bridgehead atoms. The Balaban J connectivity index is 2.02. The monoisotopic (exact) mass is 283 g/mol. The largest absolute Gasteiger partial charge is 0.379 e. The van der Waals surface area contributed by atoms with Gasteiger partial charge in [0.15, 0.2) is 0 Å². The lowest BCUT2D eigenvalue weighted by atomic mass is 10.0. The molecule has 2 atom stereocenters. The zero-order valence-electron chi connectivity index (χ0n) is 13.1. The van der Waals surface area contributed by atoms with Crippen LogP contribution in [0, 0.1) is 5.92 Å². The van der Waals surface area contributed by atoms with Gasteiger partial charge in [0.25, 0.3) is 0 Å². The van der Waals surface area contributed by atoms with Gasteiger partial charge in [0.05, 0.1) is 19.1 Å². The summed E-state index contributed by atoms with van der Waals surface area (Å²) in [6.45, 7) is 2.98. The summed E-state index contributed by atoms with van der Waals surface area (Å²) in [6, 6.07) is 0.617. The van der Waals surface area contributed by atoms with Crippen LogP contribution in [-0.4, -0.2) is 75.2 Å². The first-order valence-electron chi connectivity index (χ1n) is 7.83. The van der Waals surface area contributed by atoms with Gasteiger partial charge in [0, 0.05) is 25.2 Å². The average molecular weight is 283 g/mol. The van der Waals surface area contributed by atoms with Crippen LogP contribution in [0.15, 0.2) is 0 Å². The molecule has 0 aromatic heterocycles. The van der Waals surface area contributed by atoms with Gasteiger partial charge in [0.1, 0.15) is 0 Å². The van der Waals surface area contributed by atoms with Crippen LogP contribution in [-0.2, 0) is 9.53 Å². The predicted octanol–water partition coefficient (Wildman–Crippen LogP) is 0.554. The molecule has 1 N–H and O–H groups in total. The van der Waals surface area contributed by atoms with Crippen molar-refractivity contribution in [1.29, 1.82) is 0 Å². The van der Waals surface area contributed by atoms with Crippen molar-refractivity contribution < 1.29 is 9.53 Å². The first-order valence-corrected chi connectivity index (χ1v) is 7.83. The normalized spacial score (nSPS) is 27.4. The zero-order valence-corrected chi connectivity index (χ0v) is 13.1. The Labute approximate surface area is 122 Å². The number of ether oxygens (including phenoxy) is 1. The van der Waals surface area contributed by atoms with E-state index in [1.165, 1.54) is 12.8 Å². The van der Waals surface area contributed by atoms with Gasteiger partial charge in [-0.3, -0.25) is 4.79 Å². The lowest BCUT2D eigenvalue weighted by Crippen LogP contribution is -2.49. The number of rotatable bonds is 6. The lowest BCUT2D eigenvalue weighted by Gasteiger charge is -2.33. The summed E-state index contributed by atoms with van der Waals surface area (Å²) in [5.41, 5.74) is 0. The quantitative estimate of drug-likeness (QED) is 0.773. The van der Waals surface area contributed by atoms with Crippen molar-refractivity contribution >= 4 is 5.91 Å². The number of hydrogen-bond donors (Lipinski definition) is 1. The molecule has 1 heterocycles. The minimum atomic E-state index is -0.0113. The van der Waals surface area contributed by atoms with Crippen LogP contribution in [0.3, 0.4) is 0 Å². The van der Waals surface area contributed by atoms with Crippen molar-refractivity contribution in [2.75, 3.05) is 47.4 Å². The Kier molecular flexibility index (Phi) is 5.81. The first-order chi connectivity index (χ1) is 9.63. The topological polar surface area (TPSA) is 44.8 Å². The molecule has 5 nitrogen and oxygen atoms in total. The highest BCUT2D eigenvalue weighted by molar-refractivity contribution is 5.80. The highest BCUT2D eigenvalue weighted by atomic mass is 16.5. The van der Waals surface area contributed by atoms with Crippen molar-refractivity contribution in [2.45, 2.75) is 37.8 Å². The smallest absolute Gasteiger partial charge is 0.229 e. The third-order valence-corrected chi connectivity index (χ3v) is 4.61. The van der Waals surface area contributed by atoms with Gasteiger partial charge < -0.3 is 19.9 Å². The molecule has 0 aromatic rings. The van der Waals surface area contributed by atoms with Crippen LogP contribution in [0.2, 0.25) is 0 Å². The molecule has 5 heteroatoms. The minimum Gasteiger partial charge on any atom is -0.379 e. The fourth-order valence-corrected chi connectivity index (χ4v) is 3.29. The van der Waals surface area contributed by atoms with Crippen LogP contribution in [0.25, 0.3) is 0 Å². The van der Waals surface area contributed by atoms with Gasteiger partial charge in [-0.2, -0.15) is 0 Å². The zero-order chi connectivity index (χ0) is 14.5. The van der Waals surface area contributed by atoms with Crippen LogP contribution in [0.5, 0.6) is 0 Å². The molecule has 2 aliphatic rings. The summed E-state index contributed by atoms with van der Waals surface area (Å²) >= 11 is 0. The molecule has 0 spiro atoms. The molecule has 1 aliphatic carbocycles. The second kappa shape index (κ2) is 7.38. The van der Waals surface area contributed by atoms with E-state index < -0.39 is 0 Å². The maximum atomic E-state index is 12.9. The minimum absolute atomic E-state index is 0.0113. The molecule has 0 aromatic carbocycles. The van der Waals surface area contributed by atoms with Crippen molar-refractivity contribution in [3.8, 4) is 0 Å². The SMILES string of the molecule is CNC1COCC1C(=O)N(CCN(C)C)C1CCCC1. The molecule has 20 heavy (non-hydrogen) atoms. The number of nitrogens with one attached hydrogen (secondary N) is 1. The van der Waals surface area contributed by atoms with Crippen LogP contribution < -0.4 is 5.32 Å². The molecule has 1 amide bonds. The summed E-state index contributed by atoms with van der Waals surface area (Å²) in [4.78, 5) is 17.2. The Hall–Kier alpha value is -0.650. The summed E-state index contributed by atoms with van der Waals surface area (Å²) in [5, 5.41) is 3.22. The summed E-state index contributed by atoms with van der Waals surface area (Å²) in [6.07, 6.45) is 4.84. The van der Waals surface area contributed by atoms with E-state index in [2.05, 4.69) is 29.2 Å². The van der Waals surface area contributed by atoms with Crippen LogP contribution in [0.4, 0.5) is 0 Å². The number of carbonyl (C=O) groups excluding carboxylic acids is 1. The van der Waals surface area contributed by atoms with Gasteiger partial charge in [0.2, 0.25) is 5.91 Å². The number of likely N-dealkylation sites (N-methyl/N-ethyl adjacent to an activating group) is 2. The number of nitrogens with zero attached hydrogens (tertiary/aromatic N) is 2. The maximum Gasteiger partial charge on any atom is 0.229 e. The lowest BCUT2D eigenvalue weighted by molar-refractivity contribution is -0.138. The van der Waals surface area contributed by atoms with Gasteiger partial charge in [-0.15, -0.1) is 0 Å². The van der Waals surface area contributed by atoms with E-state index in [-0.39, 0.29) is 17.9 Å². The maximum absolute atomic E-state index is 12.9. The van der Waals surface area contributed by atoms with E-state index in [1.54, 1.807) is 0 Å². The van der Waals surface area contributed by atoms with Gasteiger partial charge in [-0.05, 0) is 34.0 Å². The fourth-order valence-electron chi connectivity index (χ4n) is 3.29. The van der Waals surface area contributed by atoms with Gasteiger partial charge in [-0.25, -0.2) is 0 Å². The number of amides is 1. The van der Waals surface area contributed by atoms with Crippen molar-refractivity contribution in [1.82, 2.24) is 15.1 Å². The predicted molar refractivity (Wildman–Crippen MR) is 79.7 cm³/mol. The summed E-state index contributed by atoms with van der Waals surface area (Å²) < 4.78 is 5.50. The molecule has 2 rings (SSSR count). The molecule has 1 aliphatic heterocycles. The Bertz CT molecular complexity index is 316. The van der Waals surface area contributed by atoms with E-state index in [9.17, 15) is 4.79 Å². The van der Waals surface area contributed by atoms with E-state index >= 15 is 0 Å². The van der Waals surface area contributed by atoms with E-state index in [0.717, 1.165) is 25.9 Å². The van der Waals surface area contributed by atoms with Crippen molar-refractivity contribution in [3.63, 3.8) is 0 Å². The molecule has 2 fully saturated rings. The molecule has 0 radical (unpaired) electrons. The summed E-state index contributed by atoms with van der Waals surface area (Å²) in [7, 11) is 6.04. The van der Waals surface area contributed by atoms with E-state index in [4.69, 9.17) is 4.74 Å². The Morgan fingerprint density at radius 2 is 1.90 bits per heavy atom. The number of hydrogen-bond acceptors (Lipinski definition) is 4. The molecular weight excluding hydrogens is 254 g/mol. The molecule has 116 valence electrons. The molecular formula is C15H29N3O2. The standard InChI is InChI=1S/C15H29N3O2/c1-16-14-11-20-10-13(14)15(19)18(9-8-17(2)3)12-6-4-5-7-12/h12-14,16H,4-11H2,1-3H3.